The van der Waals surface area contributed by atoms with E-state index >= 15 is 0 Å². The van der Waals surface area contributed by atoms with Crippen LogP contribution in [0.2, 0.25) is 0 Å². The van der Waals surface area contributed by atoms with Gasteiger partial charge in [0.2, 0.25) is 0 Å². The van der Waals surface area contributed by atoms with Crippen LogP contribution in [0, 0.1) is 12.7 Å². The van der Waals surface area contributed by atoms with Gasteiger partial charge in [-0.25, -0.2) is 4.39 Å². The van der Waals surface area contributed by atoms with Gasteiger partial charge in [0.15, 0.2) is 0 Å². The molecule has 5 heteroatoms. The van der Waals surface area contributed by atoms with E-state index in [4.69, 9.17) is 0 Å². The Kier molecular flexibility index (Phi) is 5.35. The van der Waals surface area contributed by atoms with Crippen molar-refractivity contribution in [2.24, 2.45) is 0 Å². The lowest BCUT2D eigenvalue weighted by Crippen LogP contribution is -2.29. The molecule has 0 spiro atoms. The van der Waals surface area contributed by atoms with E-state index in [-0.39, 0.29) is 5.82 Å². The maximum absolute atomic E-state index is 13.2. The van der Waals surface area contributed by atoms with E-state index in [1.54, 1.807) is 12.1 Å². The highest BCUT2D eigenvalue weighted by Crippen LogP contribution is 2.33. The fraction of sp³-hybridized carbons (Fsp3) is 0.450. The molecular weight excluding hydrogens is 317 g/mol. The highest BCUT2D eigenvalue weighted by molar-refractivity contribution is 5.23. The highest BCUT2D eigenvalue weighted by atomic mass is 19.1. The topological polar surface area (TPSA) is 41.3 Å². The van der Waals surface area contributed by atoms with Crippen LogP contribution in [0.4, 0.5) is 4.39 Å². The van der Waals surface area contributed by atoms with Crippen molar-refractivity contribution in [3.63, 3.8) is 0 Å². The quantitative estimate of drug-likeness (QED) is 0.846. The van der Waals surface area contributed by atoms with Crippen molar-refractivity contribution in [1.29, 1.82) is 0 Å². The summed E-state index contributed by atoms with van der Waals surface area (Å²) in [4.78, 5) is 2.36. The van der Waals surface area contributed by atoms with Crippen molar-refractivity contribution in [2.75, 3.05) is 13.1 Å². The van der Waals surface area contributed by atoms with Crippen molar-refractivity contribution in [1.82, 2.24) is 14.7 Å². The summed E-state index contributed by atoms with van der Waals surface area (Å²) in [6.45, 7) is 9.07. The molecule has 1 saturated heterocycles. The number of aliphatic hydroxyl groups is 1. The molecule has 1 atom stereocenters. The molecule has 2 aromatic rings. The number of aromatic nitrogens is 2. The van der Waals surface area contributed by atoms with E-state index in [9.17, 15) is 9.50 Å². The summed E-state index contributed by atoms with van der Waals surface area (Å²) in [5, 5.41) is 15.6. The lowest BCUT2D eigenvalue weighted by Gasteiger charge is -2.27. The van der Waals surface area contributed by atoms with Crippen molar-refractivity contribution >= 4 is 0 Å². The van der Waals surface area contributed by atoms with E-state index in [2.05, 4.69) is 22.8 Å². The molecule has 0 aliphatic carbocycles. The maximum atomic E-state index is 13.2. The summed E-state index contributed by atoms with van der Waals surface area (Å²) in [5.41, 5.74) is 2.20. The smallest absolute Gasteiger partial charge is 0.123 e. The van der Waals surface area contributed by atoms with Gasteiger partial charge >= 0.3 is 0 Å². The van der Waals surface area contributed by atoms with E-state index in [1.165, 1.54) is 17.7 Å². The Morgan fingerprint density at radius 3 is 2.76 bits per heavy atom. The first-order valence-electron chi connectivity index (χ1n) is 8.85. The molecule has 2 heterocycles. The Bertz CT molecular complexity index is 725. The van der Waals surface area contributed by atoms with Crippen LogP contribution in [0.25, 0.3) is 0 Å². The molecule has 1 aliphatic heterocycles. The molecule has 134 valence electrons. The first-order valence-corrected chi connectivity index (χ1v) is 8.85. The Morgan fingerprint density at radius 1 is 1.28 bits per heavy atom. The molecule has 1 aromatic heterocycles. The summed E-state index contributed by atoms with van der Waals surface area (Å²) in [6.07, 6.45) is 6.18. The standard InChI is InChI=1S/C20H26FN3O/c1-3-11-24-15-17(16(2)22-24)14-23-12-4-9-20(25,10-13-23)18-5-7-19(21)8-6-18/h3,5-8,15,25H,1,4,9-14H2,2H3/t20-/m0/s1. The van der Waals surface area contributed by atoms with Gasteiger partial charge in [-0.2, -0.15) is 5.10 Å². The number of hydrogen-bond acceptors (Lipinski definition) is 3. The van der Waals surface area contributed by atoms with E-state index in [0.29, 0.717) is 19.4 Å². The Hall–Kier alpha value is -1.98. The fourth-order valence-electron chi connectivity index (χ4n) is 3.56. The predicted octanol–water partition coefficient (Wildman–Crippen LogP) is 3.39. The summed E-state index contributed by atoms with van der Waals surface area (Å²) < 4.78 is 15.1. The Balaban J connectivity index is 1.67. The second-order valence-corrected chi connectivity index (χ2v) is 6.92. The lowest BCUT2D eigenvalue weighted by atomic mass is 9.87. The summed E-state index contributed by atoms with van der Waals surface area (Å²) in [7, 11) is 0. The first-order chi connectivity index (χ1) is 12.0. The van der Waals surface area contributed by atoms with Gasteiger partial charge in [-0.05, 0) is 50.4 Å². The Labute approximate surface area is 148 Å². The van der Waals surface area contributed by atoms with Crippen LogP contribution < -0.4 is 0 Å². The zero-order valence-corrected chi connectivity index (χ0v) is 14.8. The van der Waals surface area contributed by atoms with Crippen LogP contribution in [0.5, 0.6) is 0 Å². The van der Waals surface area contributed by atoms with E-state index in [1.807, 2.05) is 17.7 Å². The van der Waals surface area contributed by atoms with E-state index in [0.717, 1.165) is 37.3 Å². The van der Waals surface area contributed by atoms with Crippen LogP contribution in [-0.2, 0) is 18.7 Å². The number of allylic oxidation sites excluding steroid dienone is 1. The molecule has 3 rings (SSSR count). The molecule has 4 nitrogen and oxygen atoms in total. The van der Waals surface area contributed by atoms with Gasteiger partial charge in [0, 0.05) is 24.8 Å². The van der Waals surface area contributed by atoms with Crippen molar-refractivity contribution in [2.45, 2.75) is 44.9 Å². The fourth-order valence-corrected chi connectivity index (χ4v) is 3.56. The van der Waals surface area contributed by atoms with Crippen LogP contribution in [-0.4, -0.2) is 32.9 Å². The largest absolute Gasteiger partial charge is 0.385 e. The number of halogens is 1. The van der Waals surface area contributed by atoms with Crippen LogP contribution in [0.3, 0.4) is 0 Å². The molecule has 0 radical (unpaired) electrons. The van der Waals surface area contributed by atoms with E-state index < -0.39 is 5.60 Å². The zero-order valence-electron chi connectivity index (χ0n) is 14.8. The van der Waals surface area contributed by atoms with Crippen molar-refractivity contribution in [3.05, 3.63) is 65.8 Å². The third-order valence-electron chi connectivity index (χ3n) is 5.05. The van der Waals surface area contributed by atoms with Gasteiger partial charge in [0.05, 0.1) is 17.8 Å². The third-order valence-corrected chi connectivity index (χ3v) is 5.05. The minimum Gasteiger partial charge on any atom is -0.385 e. The highest BCUT2D eigenvalue weighted by Gasteiger charge is 2.32. The molecule has 0 unspecified atom stereocenters. The number of aryl methyl sites for hydroxylation is 1. The summed E-state index contributed by atoms with van der Waals surface area (Å²) in [6, 6.07) is 6.25. The zero-order chi connectivity index (χ0) is 17.9. The molecule has 0 saturated carbocycles. The average Bonchev–Trinajstić information content (AvgIpc) is 2.80. The van der Waals surface area contributed by atoms with Crippen LogP contribution in [0.15, 0.2) is 43.1 Å². The van der Waals surface area contributed by atoms with Gasteiger partial charge in [-0.15, -0.1) is 6.58 Å². The van der Waals surface area contributed by atoms with Crippen LogP contribution >= 0.6 is 0 Å². The lowest BCUT2D eigenvalue weighted by molar-refractivity contribution is 0.0209. The molecule has 25 heavy (non-hydrogen) atoms. The SMILES string of the molecule is C=CCn1cc(CN2CCC[C@@](O)(c3ccc(F)cc3)CC2)c(C)n1. The third kappa shape index (κ3) is 4.17. The Morgan fingerprint density at radius 2 is 2.04 bits per heavy atom. The van der Waals surface area contributed by atoms with Crippen molar-refractivity contribution < 1.29 is 9.50 Å². The van der Waals surface area contributed by atoms with Gasteiger partial charge < -0.3 is 5.11 Å². The van der Waals surface area contributed by atoms with Crippen molar-refractivity contribution in [3.8, 4) is 0 Å². The monoisotopic (exact) mass is 343 g/mol. The molecule has 1 aromatic carbocycles. The number of hydrogen-bond donors (Lipinski definition) is 1. The number of rotatable bonds is 5. The van der Waals surface area contributed by atoms with Gasteiger partial charge in [0.25, 0.3) is 0 Å². The van der Waals surface area contributed by atoms with Gasteiger partial charge in [0.1, 0.15) is 5.82 Å². The molecule has 0 amide bonds. The molecule has 1 aliphatic rings. The number of likely N-dealkylation sites (tertiary alicyclic amines) is 1. The average molecular weight is 343 g/mol. The molecule has 1 fully saturated rings. The minimum atomic E-state index is -0.871. The molecule has 1 N–H and O–H groups in total. The number of benzene rings is 1. The normalized spacial score (nSPS) is 21.9. The van der Waals surface area contributed by atoms with Gasteiger partial charge in [-0.1, -0.05) is 18.2 Å². The molecule has 0 bridgehead atoms. The maximum Gasteiger partial charge on any atom is 0.123 e. The van der Waals surface area contributed by atoms with Gasteiger partial charge in [-0.3, -0.25) is 9.58 Å². The second-order valence-electron chi connectivity index (χ2n) is 6.92. The van der Waals surface area contributed by atoms with Crippen LogP contribution in [0.1, 0.15) is 36.1 Å². The first kappa shape index (κ1) is 17.8. The second kappa shape index (κ2) is 7.50. The summed E-state index contributed by atoms with van der Waals surface area (Å²) in [5.74, 6) is -0.269. The predicted molar refractivity (Wildman–Crippen MR) is 96.6 cm³/mol. The number of nitrogens with zero attached hydrogens (tertiary/aromatic N) is 3. The molecular formula is C20H26FN3O. The minimum absolute atomic E-state index is 0.269. The summed E-state index contributed by atoms with van der Waals surface area (Å²) >= 11 is 0.